The Morgan fingerprint density at radius 1 is 1.10 bits per heavy atom. The average Bonchev–Trinajstić information content (AvgIpc) is 2.72. The van der Waals surface area contributed by atoms with Crippen LogP contribution in [-0.4, -0.2) is 61.4 Å². The smallest absolute Gasteiger partial charge is 0.254 e. The van der Waals surface area contributed by atoms with Gasteiger partial charge in [-0.2, -0.15) is 0 Å². The largest absolute Gasteiger partial charge is 0.496 e. The highest BCUT2D eigenvalue weighted by Gasteiger charge is 2.23. The van der Waals surface area contributed by atoms with E-state index < -0.39 is 17.5 Å². The molecule has 1 N–H and O–H groups in total. The topological polar surface area (TPSA) is 61.9 Å². The Morgan fingerprint density at radius 2 is 1.83 bits per heavy atom. The number of halogens is 3. The van der Waals surface area contributed by atoms with Crippen LogP contribution in [0.1, 0.15) is 15.9 Å². The number of carbonyl (C=O) groups excluding carboxylic acids is 2. The Morgan fingerprint density at radius 3 is 2.50 bits per heavy atom. The van der Waals surface area contributed by atoms with Crippen LogP contribution < -0.4 is 10.1 Å². The molecule has 1 aliphatic heterocycles. The van der Waals surface area contributed by atoms with Crippen molar-refractivity contribution >= 4 is 23.4 Å². The van der Waals surface area contributed by atoms with Gasteiger partial charge in [0.2, 0.25) is 5.91 Å². The summed E-state index contributed by atoms with van der Waals surface area (Å²) in [5, 5.41) is 3.02. The van der Waals surface area contributed by atoms with Crippen LogP contribution in [0.5, 0.6) is 5.75 Å². The van der Waals surface area contributed by atoms with Crippen LogP contribution >= 0.6 is 11.6 Å². The van der Waals surface area contributed by atoms with Gasteiger partial charge >= 0.3 is 0 Å². The molecule has 1 saturated heterocycles. The summed E-state index contributed by atoms with van der Waals surface area (Å²) in [6.45, 7) is 2.71. The molecule has 1 aliphatic rings. The number of benzene rings is 2. The fraction of sp³-hybridized carbons (Fsp3) is 0.333. The van der Waals surface area contributed by atoms with E-state index in [4.69, 9.17) is 16.3 Å². The van der Waals surface area contributed by atoms with Gasteiger partial charge < -0.3 is 15.0 Å². The molecule has 1 heterocycles. The molecular formula is C21H22ClF2N3O3. The first-order valence-electron chi connectivity index (χ1n) is 9.43. The lowest BCUT2D eigenvalue weighted by molar-refractivity contribution is -0.131. The summed E-state index contributed by atoms with van der Waals surface area (Å²) in [4.78, 5) is 28.2. The third kappa shape index (κ3) is 5.46. The van der Waals surface area contributed by atoms with Gasteiger partial charge in [-0.15, -0.1) is 0 Å². The molecule has 6 nitrogen and oxygen atoms in total. The van der Waals surface area contributed by atoms with Crippen molar-refractivity contribution in [2.24, 2.45) is 0 Å². The molecule has 0 unspecified atom stereocenters. The summed E-state index contributed by atoms with van der Waals surface area (Å²) in [7, 11) is 1.61. The highest BCUT2D eigenvalue weighted by Crippen LogP contribution is 2.24. The van der Waals surface area contributed by atoms with Crippen LogP contribution in [0.15, 0.2) is 36.4 Å². The monoisotopic (exact) mass is 437 g/mol. The van der Waals surface area contributed by atoms with Gasteiger partial charge in [0.25, 0.3) is 5.91 Å². The number of ether oxygens (including phenoxy) is 1. The van der Waals surface area contributed by atoms with E-state index in [1.807, 2.05) is 12.1 Å². The van der Waals surface area contributed by atoms with E-state index in [2.05, 4.69) is 10.2 Å². The van der Waals surface area contributed by atoms with Crippen molar-refractivity contribution in [2.45, 2.75) is 6.54 Å². The molecule has 2 amide bonds. The maximum atomic E-state index is 13.7. The lowest BCUT2D eigenvalue weighted by Gasteiger charge is -2.35. The second kappa shape index (κ2) is 9.86. The lowest BCUT2D eigenvalue weighted by Crippen LogP contribution is -2.50. The number of piperazine rings is 1. The van der Waals surface area contributed by atoms with Gasteiger partial charge in [0.1, 0.15) is 17.4 Å². The van der Waals surface area contributed by atoms with Gasteiger partial charge in [-0.1, -0.05) is 11.6 Å². The Labute approximate surface area is 178 Å². The number of nitrogens with one attached hydrogen (secondary N) is 1. The Kier molecular flexibility index (Phi) is 7.23. The van der Waals surface area contributed by atoms with Crippen LogP contribution in [0.2, 0.25) is 5.02 Å². The van der Waals surface area contributed by atoms with Crippen LogP contribution in [0.4, 0.5) is 8.78 Å². The summed E-state index contributed by atoms with van der Waals surface area (Å²) in [5.41, 5.74) is 0.669. The summed E-state index contributed by atoms with van der Waals surface area (Å²) >= 11 is 6.07. The predicted molar refractivity (Wildman–Crippen MR) is 109 cm³/mol. The molecule has 0 aliphatic carbocycles. The Balaban J connectivity index is 1.48. The van der Waals surface area contributed by atoms with Gasteiger partial charge in [-0.05, 0) is 30.3 Å². The molecule has 2 aromatic carbocycles. The zero-order chi connectivity index (χ0) is 21.7. The van der Waals surface area contributed by atoms with Crippen molar-refractivity contribution in [3.05, 3.63) is 64.2 Å². The first-order valence-corrected chi connectivity index (χ1v) is 9.81. The van der Waals surface area contributed by atoms with E-state index in [0.717, 1.165) is 23.4 Å². The third-order valence-electron chi connectivity index (χ3n) is 4.94. The van der Waals surface area contributed by atoms with Crippen molar-refractivity contribution in [3.8, 4) is 5.75 Å². The number of nitrogens with zero attached hydrogens (tertiary/aromatic N) is 2. The van der Waals surface area contributed by atoms with Crippen molar-refractivity contribution < 1.29 is 23.1 Å². The van der Waals surface area contributed by atoms with Crippen LogP contribution in [0.25, 0.3) is 0 Å². The molecule has 3 rings (SSSR count). The number of amides is 2. The van der Waals surface area contributed by atoms with E-state index in [1.54, 1.807) is 18.1 Å². The molecule has 2 aromatic rings. The molecule has 0 bridgehead atoms. The van der Waals surface area contributed by atoms with Crippen molar-refractivity contribution in [3.63, 3.8) is 0 Å². The van der Waals surface area contributed by atoms with Gasteiger partial charge in [0.05, 0.1) is 19.2 Å². The summed E-state index contributed by atoms with van der Waals surface area (Å²) in [5.74, 6) is -1.99. The maximum Gasteiger partial charge on any atom is 0.254 e. The second-order valence-corrected chi connectivity index (χ2v) is 7.36. The minimum atomic E-state index is -0.968. The molecule has 9 heteroatoms. The van der Waals surface area contributed by atoms with Gasteiger partial charge in [-0.25, -0.2) is 8.78 Å². The van der Waals surface area contributed by atoms with Crippen LogP contribution in [0.3, 0.4) is 0 Å². The molecule has 1 fully saturated rings. The average molecular weight is 438 g/mol. The van der Waals surface area contributed by atoms with E-state index in [0.29, 0.717) is 43.8 Å². The van der Waals surface area contributed by atoms with Crippen molar-refractivity contribution in [1.82, 2.24) is 15.1 Å². The van der Waals surface area contributed by atoms with E-state index >= 15 is 0 Å². The zero-order valence-corrected chi connectivity index (χ0v) is 17.2. The minimum absolute atomic E-state index is 0.252. The van der Waals surface area contributed by atoms with E-state index in [1.165, 1.54) is 0 Å². The standard InChI is InChI=1S/C21H22ClF2N3O3/c1-30-19-5-2-15(22)10-14(19)13-26-6-8-27(9-7-26)20(28)12-25-21(29)17-4-3-16(23)11-18(17)24/h2-5,10-11H,6-9,12-13H2,1H3,(H,25,29). The quantitative estimate of drug-likeness (QED) is 0.755. The highest BCUT2D eigenvalue weighted by molar-refractivity contribution is 6.30. The van der Waals surface area contributed by atoms with E-state index in [9.17, 15) is 18.4 Å². The van der Waals surface area contributed by atoms with Gasteiger partial charge in [0, 0.05) is 49.4 Å². The SMILES string of the molecule is COc1ccc(Cl)cc1CN1CCN(C(=O)CNC(=O)c2ccc(F)cc2F)CC1. The molecule has 0 saturated carbocycles. The van der Waals surface area contributed by atoms with Crippen molar-refractivity contribution in [1.29, 1.82) is 0 Å². The van der Waals surface area contributed by atoms with Crippen LogP contribution in [-0.2, 0) is 11.3 Å². The molecule has 0 spiro atoms. The summed E-state index contributed by atoms with van der Waals surface area (Å²) < 4.78 is 32.0. The Hall–Kier alpha value is -2.71. The first kappa shape index (κ1) is 22.0. The molecule has 160 valence electrons. The molecule has 0 atom stereocenters. The zero-order valence-electron chi connectivity index (χ0n) is 16.5. The van der Waals surface area contributed by atoms with Crippen molar-refractivity contribution in [2.75, 3.05) is 39.8 Å². The fourth-order valence-electron chi connectivity index (χ4n) is 3.30. The number of methoxy groups -OCH3 is 1. The summed E-state index contributed by atoms with van der Waals surface area (Å²) in [6, 6.07) is 8.13. The van der Waals surface area contributed by atoms with E-state index in [-0.39, 0.29) is 18.0 Å². The summed E-state index contributed by atoms with van der Waals surface area (Å²) in [6.07, 6.45) is 0. The molecule has 0 radical (unpaired) electrons. The predicted octanol–water partition coefficient (Wildman–Crippen LogP) is 2.70. The normalized spacial score (nSPS) is 14.5. The number of carbonyl (C=O) groups is 2. The molecule has 30 heavy (non-hydrogen) atoms. The third-order valence-corrected chi connectivity index (χ3v) is 5.17. The molecular weight excluding hydrogens is 416 g/mol. The fourth-order valence-corrected chi connectivity index (χ4v) is 3.50. The minimum Gasteiger partial charge on any atom is -0.496 e. The first-order chi connectivity index (χ1) is 14.4. The number of rotatable bonds is 6. The maximum absolute atomic E-state index is 13.7. The second-order valence-electron chi connectivity index (χ2n) is 6.92. The van der Waals surface area contributed by atoms with Gasteiger partial charge in [0.15, 0.2) is 0 Å². The Bertz CT molecular complexity index is 934. The highest BCUT2D eigenvalue weighted by atomic mass is 35.5. The van der Waals surface area contributed by atoms with Gasteiger partial charge in [-0.3, -0.25) is 14.5 Å². The number of hydrogen-bond acceptors (Lipinski definition) is 4. The number of hydrogen-bond donors (Lipinski definition) is 1. The van der Waals surface area contributed by atoms with Crippen LogP contribution in [0, 0.1) is 11.6 Å². The molecule has 0 aromatic heterocycles. The lowest BCUT2D eigenvalue weighted by atomic mass is 10.1.